The summed E-state index contributed by atoms with van der Waals surface area (Å²) in [6.45, 7) is 5.14. The van der Waals surface area contributed by atoms with Gasteiger partial charge >= 0.3 is 6.03 Å². The van der Waals surface area contributed by atoms with E-state index in [1.807, 2.05) is 56.1 Å². The minimum atomic E-state index is -0.772. The molecule has 3 amide bonds. The molecule has 0 radical (unpaired) electrons. The molecule has 6 nitrogen and oxygen atoms in total. The molecule has 0 aromatic heterocycles. The van der Waals surface area contributed by atoms with Crippen LogP contribution < -0.4 is 5.32 Å². The van der Waals surface area contributed by atoms with Gasteiger partial charge in [-0.2, -0.15) is 0 Å². The number of benzene rings is 1. The van der Waals surface area contributed by atoms with Gasteiger partial charge in [0, 0.05) is 13.1 Å². The lowest BCUT2D eigenvalue weighted by molar-refractivity contribution is -0.128. The number of imide groups is 1. The second-order valence-corrected chi connectivity index (χ2v) is 6.92. The molecule has 0 bridgehead atoms. The fourth-order valence-corrected chi connectivity index (χ4v) is 2.97. The van der Waals surface area contributed by atoms with E-state index in [9.17, 15) is 14.7 Å². The number of carbonyl (C=O) groups is 2. The van der Waals surface area contributed by atoms with Crippen molar-refractivity contribution < 1.29 is 14.7 Å². The van der Waals surface area contributed by atoms with Gasteiger partial charge in [0.25, 0.3) is 5.91 Å². The van der Waals surface area contributed by atoms with Gasteiger partial charge in [-0.1, -0.05) is 44.2 Å². The number of likely N-dealkylation sites (N-methyl/N-ethyl adjacent to an activating group) is 1. The lowest BCUT2D eigenvalue weighted by Gasteiger charge is -2.23. The predicted octanol–water partition coefficient (Wildman–Crippen LogP) is 1.45. The Kier molecular flexibility index (Phi) is 6.34. The summed E-state index contributed by atoms with van der Waals surface area (Å²) in [5, 5.41) is 12.9. The number of hydrogen-bond acceptors (Lipinski definition) is 4. The topological polar surface area (TPSA) is 72.9 Å². The van der Waals surface area contributed by atoms with Crippen molar-refractivity contribution in [3.8, 4) is 0 Å². The molecule has 24 heavy (non-hydrogen) atoms. The van der Waals surface area contributed by atoms with Crippen LogP contribution in [0.15, 0.2) is 30.3 Å². The Labute approximate surface area is 143 Å². The molecule has 1 heterocycles. The summed E-state index contributed by atoms with van der Waals surface area (Å²) in [4.78, 5) is 27.3. The highest BCUT2D eigenvalue weighted by Crippen LogP contribution is 2.15. The summed E-state index contributed by atoms with van der Waals surface area (Å²) in [5.74, 6) is 0.0830. The lowest BCUT2D eigenvalue weighted by atomic mass is 10.0. The van der Waals surface area contributed by atoms with Crippen LogP contribution in [0.5, 0.6) is 0 Å². The van der Waals surface area contributed by atoms with E-state index < -0.39 is 18.2 Å². The molecule has 2 rings (SSSR count). The second-order valence-electron chi connectivity index (χ2n) is 6.92. The van der Waals surface area contributed by atoms with Gasteiger partial charge in [0.05, 0.1) is 12.6 Å². The Bertz CT molecular complexity index is 562. The molecule has 1 saturated heterocycles. The molecular weight excluding hydrogens is 306 g/mol. The fraction of sp³-hybridized carbons (Fsp3) is 0.556. The number of carbonyl (C=O) groups excluding carboxylic acids is 2. The van der Waals surface area contributed by atoms with Crippen molar-refractivity contribution in [1.29, 1.82) is 0 Å². The van der Waals surface area contributed by atoms with Crippen molar-refractivity contribution in [2.24, 2.45) is 5.92 Å². The first-order chi connectivity index (χ1) is 11.4. The van der Waals surface area contributed by atoms with E-state index in [1.54, 1.807) is 0 Å². The number of amides is 3. The number of aliphatic hydroxyl groups excluding tert-OH is 1. The maximum atomic E-state index is 12.3. The number of urea groups is 1. The average molecular weight is 333 g/mol. The van der Waals surface area contributed by atoms with E-state index in [4.69, 9.17) is 0 Å². The molecule has 1 fully saturated rings. The summed E-state index contributed by atoms with van der Waals surface area (Å²) in [6, 6.07) is 9.09. The van der Waals surface area contributed by atoms with Crippen LogP contribution in [-0.2, 0) is 11.3 Å². The van der Waals surface area contributed by atoms with Crippen LogP contribution >= 0.6 is 0 Å². The van der Waals surface area contributed by atoms with Crippen LogP contribution in [0.4, 0.5) is 4.79 Å². The van der Waals surface area contributed by atoms with Crippen molar-refractivity contribution in [2.45, 2.75) is 39.0 Å². The largest absolute Gasteiger partial charge is 0.390 e. The molecule has 0 unspecified atom stereocenters. The van der Waals surface area contributed by atoms with Crippen LogP contribution in [0, 0.1) is 5.92 Å². The van der Waals surface area contributed by atoms with Gasteiger partial charge in [0.1, 0.15) is 6.04 Å². The van der Waals surface area contributed by atoms with E-state index in [-0.39, 0.29) is 12.5 Å². The fourth-order valence-electron chi connectivity index (χ4n) is 2.97. The summed E-state index contributed by atoms with van der Waals surface area (Å²) >= 11 is 0. The molecular formula is C18H27N3O3. The number of β-amino-alcohol motifs (C(OH)–C–C–N with tert-alkyl or cyclic N) is 1. The average Bonchev–Trinajstić information content (AvgIpc) is 2.75. The molecule has 1 aromatic rings. The third-order valence-corrected chi connectivity index (χ3v) is 4.03. The highest BCUT2D eigenvalue weighted by atomic mass is 16.3. The molecule has 2 N–H and O–H groups in total. The Morgan fingerprint density at radius 2 is 1.92 bits per heavy atom. The first-order valence-corrected chi connectivity index (χ1v) is 8.39. The molecule has 132 valence electrons. The van der Waals surface area contributed by atoms with Gasteiger partial charge in [-0.3, -0.25) is 14.6 Å². The van der Waals surface area contributed by atoms with Crippen LogP contribution in [0.25, 0.3) is 0 Å². The van der Waals surface area contributed by atoms with Crippen LogP contribution in [-0.4, -0.2) is 59.1 Å². The Hall–Kier alpha value is -1.92. The van der Waals surface area contributed by atoms with Gasteiger partial charge in [-0.15, -0.1) is 0 Å². The Balaban J connectivity index is 1.84. The van der Waals surface area contributed by atoms with Crippen LogP contribution in [0.3, 0.4) is 0 Å². The van der Waals surface area contributed by atoms with Gasteiger partial charge in [-0.25, -0.2) is 4.79 Å². The predicted molar refractivity (Wildman–Crippen MR) is 92.3 cm³/mol. The van der Waals surface area contributed by atoms with Gasteiger partial charge < -0.3 is 10.4 Å². The third-order valence-electron chi connectivity index (χ3n) is 4.03. The molecule has 6 heteroatoms. The first-order valence-electron chi connectivity index (χ1n) is 8.39. The minimum Gasteiger partial charge on any atom is -0.390 e. The summed E-state index contributed by atoms with van der Waals surface area (Å²) in [5.41, 5.74) is 1.15. The zero-order valence-corrected chi connectivity index (χ0v) is 14.6. The van der Waals surface area contributed by atoms with Gasteiger partial charge in [0.2, 0.25) is 0 Å². The first kappa shape index (κ1) is 18.4. The van der Waals surface area contributed by atoms with E-state index >= 15 is 0 Å². The van der Waals surface area contributed by atoms with Crippen molar-refractivity contribution in [2.75, 3.05) is 20.1 Å². The molecule has 0 spiro atoms. The Morgan fingerprint density at radius 3 is 2.54 bits per heavy atom. The number of aliphatic hydroxyl groups is 1. The highest BCUT2D eigenvalue weighted by Gasteiger charge is 2.38. The van der Waals surface area contributed by atoms with Crippen LogP contribution in [0.2, 0.25) is 0 Å². The lowest BCUT2D eigenvalue weighted by Crippen LogP contribution is -2.42. The van der Waals surface area contributed by atoms with E-state index in [1.165, 1.54) is 0 Å². The standard InChI is InChI=1S/C18H27N3O3/c1-13(2)9-16-17(23)21(18(24)19-16)12-15(22)11-20(3)10-14-7-5-4-6-8-14/h4-8,13,15-16,22H,9-12H2,1-3H3,(H,19,24)/t15-,16-/m1/s1. The van der Waals surface area contributed by atoms with Crippen molar-refractivity contribution >= 4 is 11.9 Å². The van der Waals surface area contributed by atoms with Crippen molar-refractivity contribution in [3.05, 3.63) is 35.9 Å². The number of nitrogens with zero attached hydrogens (tertiary/aromatic N) is 2. The summed E-state index contributed by atoms with van der Waals surface area (Å²) in [6.07, 6.45) is -0.156. The van der Waals surface area contributed by atoms with Crippen molar-refractivity contribution in [3.63, 3.8) is 0 Å². The minimum absolute atomic E-state index is 0.0262. The van der Waals surface area contributed by atoms with Crippen LogP contribution in [0.1, 0.15) is 25.8 Å². The maximum Gasteiger partial charge on any atom is 0.324 e. The molecule has 0 saturated carbocycles. The number of hydrogen-bond donors (Lipinski definition) is 2. The maximum absolute atomic E-state index is 12.3. The second kappa shape index (κ2) is 8.26. The monoisotopic (exact) mass is 333 g/mol. The quantitative estimate of drug-likeness (QED) is 0.706. The zero-order valence-electron chi connectivity index (χ0n) is 14.6. The number of rotatable bonds is 8. The van der Waals surface area contributed by atoms with E-state index in [0.717, 1.165) is 10.5 Å². The smallest absolute Gasteiger partial charge is 0.324 e. The third kappa shape index (κ3) is 5.04. The van der Waals surface area contributed by atoms with Crippen molar-refractivity contribution in [1.82, 2.24) is 15.1 Å². The van der Waals surface area contributed by atoms with E-state index in [0.29, 0.717) is 25.4 Å². The molecule has 1 aliphatic heterocycles. The normalized spacial score (nSPS) is 19.2. The Morgan fingerprint density at radius 1 is 1.25 bits per heavy atom. The summed E-state index contributed by atoms with van der Waals surface area (Å²) < 4.78 is 0. The highest BCUT2D eigenvalue weighted by molar-refractivity contribution is 6.04. The summed E-state index contributed by atoms with van der Waals surface area (Å²) in [7, 11) is 1.91. The molecule has 1 aliphatic rings. The molecule has 1 aromatic carbocycles. The van der Waals surface area contributed by atoms with Gasteiger partial charge in [-0.05, 0) is 24.9 Å². The molecule has 2 atom stereocenters. The zero-order chi connectivity index (χ0) is 17.7. The molecule has 0 aliphatic carbocycles. The SMILES string of the molecule is CC(C)C[C@H]1NC(=O)N(C[C@H](O)CN(C)Cc2ccccc2)C1=O. The van der Waals surface area contributed by atoms with E-state index in [2.05, 4.69) is 5.32 Å². The van der Waals surface area contributed by atoms with Gasteiger partial charge in [0.15, 0.2) is 0 Å². The number of nitrogens with one attached hydrogen (secondary N) is 1.